The quantitative estimate of drug-likeness (QED) is 0.734. The van der Waals surface area contributed by atoms with Crippen molar-refractivity contribution in [3.8, 4) is 0 Å². The Morgan fingerprint density at radius 1 is 1.15 bits per heavy atom. The molecule has 0 saturated carbocycles. The minimum absolute atomic E-state index is 0.125. The number of hydrogen-bond acceptors (Lipinski definition) is 4. The fraction of sp³-hybridized carbons (Fsp3) is 0.263. The summed E-state index contributed by atoms with van der Waals surface area (Å²) < 4.78 is 39.6. The van der Waals surface area contributed by atoms with Crippen LogP contribution in [0, 0.1) is 5.82 Å². The van der Waals surface area contributed by atoms with Crippen LogP contribution in [0.4, 0.5) is 15.8 Å². The van der Waals surface area contributed by atoms with E-state index >= 15 is 0 Å². The smallest absolute Gasteiger partial charge is 0.248 e. The van der Waals surface area contributed by atoms with Gasteiger partial charge in [-0.25, -0.2) is 12.8 Å². The molecule has 0 aromatic heterocycles. The van der Waals surface area contributed by atoms with E-state index in [0.29, 0.717) is 11.3 Å². The normalized spacial score (nSPS) is 12.3. The van der Waals surface area contributed by atoms with Gasteiger partial charge in [-0.05, 0) is 37.6 Å². The lowest BCUT2D eigenvalue weighted by atomic mass is 10.1. The summed E-state index contributed by atoms with van der Waals surface area (Å²) in [6.45, 7) is 3.04. The van der Waals surface area contributed by atoms with Crippen LogP contribution in [0.3, 0.4) is 0 Å². The van der Waals surface area contributed by atoms with Gasteiger partial charge in [-0.15, -0.1) is 0 Å². The summed E-state index contributed by atoms with van der Waals surface area (Å²) in [6, 6.07) is 10.5. The Kier molecular flexibility index (Phi) is 6.32. The van der Waals surface area contributed by atoms with Gasteiger partial charge in [0.15, 0.2) is 5.78 Å². The maximum atomic E-state index is 14.2. The lowest BCUT2D eigenvalue weighted by Crippen LogP contribution is -2.47. The predicted molar refractivity (Wildman–Crippen MR) is 103 cm³/mol. The Morgan fingerprint density at radius 2 is 1.81 bits per heavy atom. The highest BCUT2D eigenvalue weighted by Crippen LogP contribution is 2.26. The fourth-order valence-electron chi connectivity index (χ4n) is 2.71. The van der Waals surface area contributed by atoms with Crippen molar-refractivity contribution in [2.45, 2.75) is 26.3 Å². The topological polar surface area (TPSA) is 83.6 Å². The van der Waals surface area contributed by atoms with E-state index in [1.165, 1.54) is 31.2 Å². The second kappa shape index (κ2) is 8.30. The molecule has 1 amide bonds. The summed E-state index contributed by atoms with van der Waals surface area (Å²) in [5, 5.41) is 2.61. The van der Waals surface area contributed by atoms with Crippen LogP contribution in [-0.4, -0.2) is 32.4 Å². The number of hydrogen-bond donors (Lipinski definition) is 1. The molecule has 0 saturated heterocycles. The van der Waals surface area contributed by atoms with E-state index in [2.05, 4.69) is 5.32 Å². The highest BCUT2D eigenvalue weighted by atomic mass is 32.2. The average Bonchev–Trinajstić information content (AvgIpc) is 2.59. The Labute approximate surface area is 158 Å². The second-order valence-corrected chi connectivity index (χ2v) is 7.92. The van der Waals surface area contributed by atoms with E-state index in [1.807, 2.05) is 0 Å². The molecule has 8 heteroatoms. The van der Waals surface area contributed by atoms with Crippen molar-refractivity contribution in [2.75, 3.05) is 15.9 Å². The molecule has 0 aliphatic heterocycles. The molecule has 0 heterocycles. The van der Waals surface area contributed by atoms with Crippen molar-refractivity contribution in [2.24, 2.45) is 0 Å². The minimum atomic E-state index is -3.93. The number of nitrogens with zero attached hydrogens (tertiary/aromatic N) is 1. The van der Waals surface area contributed by atoms with Gasteiger partial charge >= 0.3 is 0 Å². The molecular formula is C19H21FN2O4S. The third kappa shape index (κ3) is 4.91. The van der Waals surface area contributed by atoms with E-state index in [0.717, 1.165) is 16.6 Å². The van der Waals surface area contributed by atoms with Crippen molar-refractivity contribution < 1.29 is 22.4 Å². The van der Waals surface area contributed by atoms with E-state index in [-0.39, 0.29) is 17.9 Å². The SMILES string of the molecule is CC[C@@H](C(=O)Nc1cccc(C(C)=O)c1)N(c1ccccc1F)S(C)(=O)=O. The van der Waals surface area contributed by atoms with E-state index < -0.39 is 27.8 Å². The summed E-state index contributed by atoms with van der Waals surface area (Å²) in [6.07, 6.45) is 1.05. The fourth-order valence-corrected chi connectivity index (χ4v) is 3.92. The molecule has 0 spiro atoms. The van der Waals surface area contributed by atoms with Gasteiger partial charge in [0.05, 0.1) is 11.9 Å². The zero-order chi connectivity index (χ0) is 20.2. The number of amides is 1. The average molecular weight is 392 g/mol. The van der Waals surface area contributed by atoms with Crippen LogP contribution in [0.25, 0.3) is 0 Å². The Morgan fingerprint density at radius 3 is 2.37 bits per heavy atom. The first kappa shape index (κ1) is 20.6. The van der Waals surface area contributed by atoms with E-state index in [9.17, 15) is 22.4 Å². The van der Waals surface area contributed by atoms with Crippen molar-refractivity contribution in [3.63, 3.8) is 0 Å². The predicted octanol–water partition coefficient (Wildman–Crippen LogP) is 3.21. The Bertz CT molecular complexity index is 960. The van der Waals surface area contributed by atoms with E-state index in [4.69, 9.17) is 0 Å². The van der Waals surface area contributed by atoms with Crippen LogP contribution >= 0.6 is 0 Å². The zero-order valence-corrected chi connectivity index (χ0v) is 16.1. The van der Waals surface area contributed by atoms with Crippen LogP contribution in [0.1, 0.15) is 30.6 Å². The molecular weight excluding hydrogens is 371 g/mol. The molecule has 2 rings (SSSR count). The molecule has 0 bridgehead atoms. The number of rotatable bonds is 7. The number of Topliss-reactive ketones (excluding diaryl/α,β-unsaturated/α-hetero) is 1. The summed E-state index contributed by atoms with van der Waals surface area (Å²) in [5.74, 6) is -1.53. The molecule has 0 fully saturated rings. The van der Waals surface area contributed by atoms with Gasteiger partial charge in [-0.3, -0.25) is 13.9 Å². The third-order valence-corrected chi connectivity index (χ3v) is 5.12. The molecule has 27 heavy (non-hydrogen) atoms. The number of nitrogens with one attached hydrogen (secondary N) is 1. The molecule has 2 aromatic rings. The molecule has 144 valence electrons. The maximum absolute atomic E-state index is 14.2. The molecule has 1 N–H and O–H groups in total. The number of ketones is 1. The van der Waals surface area contributed by atoms with Gasteiger partial charge in [0.2, 0.25) is 15.9 Å². The van der Waals surface area contributed by atoms with Gasteiger partial charge in [0.25, 0.3) is 0 Å². The van der Waals surface area contributed by atoms with E-state index in [1.54, 1.807) is 25.1 Å². The van der Waals surface area contributed by atoms with Crippen molar-refractivity contribution in [1.29, 1.82) is 0 Å². The summed E-state index contributed by atoms with van der Waals surface area (Å²) in [7, 11) is -3.93. The number of carbonyl (C=O) groups excluding carboxylic acids is 2. The summed E-state index contributed by atoms with van der Waals surface area (Å²) in [4.78, 5) is 24.3. The number of benzene rings is 2. The lowest BCUT2D eigenvalue weighted by molar-refractivity contribution is -0.117. The highest BCUT2D eigenvalue weighted by molar-refractivity contribution is 7.92. The minimum Gasteiger partial charge on any atom is -0.324 e. The number of halogens is 1. The summed E-state index contributed by atoms with van der Waals surface area (Å²) >= 11 is 0. The first-order chi connectivity index (χ1) is 12.6. The van der Waals surface area contributed by atoms with Gasteiger partial charge in [0.1, 0.15) is 11.9 Å². The van der Waals surface area contributed by atoms with Crippen LogP contribution < -0.4 is 9.62 Å². The molecule has 6 nitrogen and oxygen atoms in total. The number of sulfonamides is 1. The van der Waals surface area contributed by atoms with Gasteiger partial charge < -0.3 is 5.32 Å². The van der Waals surface area contributed by atoms with Crippen molar-refractivity contribution in [3.05, 3.63) is 59.9 Å². The standard InChI is InChI=1S/C19H21FN2O4S/c1-4-17(19(24)21-15-9-7-8-14(12-15)13(2)23)22(27(3,25)26)18-11-6-5-10-16(18)20/h5-12,17H,4H2,1-3H3,(H,21,24)/t17-/m0/s1. The lowest BCUT2D eigenvalue weighted by Gasteiger charge is -2.30. The van der Waals surface area contributed by atoms with Crippen molar-refractivity contribution >= 4 is 33.1 Å². The third-order valence-electron chi connectivity index (χ3n) is 3.96. The molecule has 1 atom stereocenters. The number of para-hydroxylation sites is 1. The molecule has 0 radical (unpaired) electrons. The molecule has 0 unspecified atom stereocenters. The zero-order valence-electron chi connectivity index (χ0n) is 15.3. The first-order valence-electron chi connectivity index (χ1n) is 8.31. The largest absolute Gasteiger partial charge is 0.324 e. The highest BCUT2D eigenvalue weighted by Gasteiger charge is 2.33. The molecule has 0 aliphatic rings. The Hall–Kier alpha value is -2.74. The second-order valence-electron chi connectivity index (χ2n) is 6.06. The Balaban J connectivity index is 2.40. The van der Waals surface area contributed by atoms with Crippen LogP contribution in [-0.2, 0) is 14.8 Å². The van der Waals surface area contributed by atoms with Crippen LogP contribution in [0.5, 0.6) is 0 Å². The van der Waals surface area contributed by atoms with Crippen molar-refractivity contribution in [1.82, 2.24) is 0 Å². The number of anilines is 2. The van der Waals surface area contributed by atoms with Crippen LogP contribution in [0.2, 0.25) is 0 Å². The van der Waals surface area contributed by atoms with Gasteiger partial charge in [-0.2, -0.15) is 0 Å². The molecule has 0 aliphatic carbocycles. The molecule has 2 aromatic carbocycles. The number of carbonyl (C=O) groups is 2. The van der Waals surface area contributed by atoms with Gasteiger partial charge in [0, 0.05) is 11.3 Å². The van der Waals surface area contributed by atoms with Crippen LogP contribution in [0.15, 0.2) is 48.5 Å². The first-order valence-corrected chi connectivity index (χ1v) is 10.2. The monoisotopic (exact) mass is 392 g/mol. The maximum Gasteiger partial charge on any atom is 0.248 e. The van der Waals surface area contributed by atoms with Gasteiger partial charge in [-0.1, -0.05) is 31.2 Å². The summed E-state index contributed by atoms with van der Waals surface area (Å²) in [5.41, 5.74) is 0.572.